The molecule has 4 nitrogen and oxygen atoms in total. The standard InChI is InChI=1S/C15H11ClFN3O/c1-8-19-14-11(15(21)20(8)2)5-6-18-13(14)10-4-3-9(16)7-12(10)17/h3-7H,1-2H3. The molecule has 106 valence electrons. The second kappa shape index (κ2) is 4.93. The van der Waals surface area contributed by atoms with Crippen LogP contribution in [-0.2, 0) is 7.05 Å². The van der Waals surface area contributed by atoms with Gasteiger partial charge in [0.25, 0.3) is 5.56 Å². The Morgan fingerprint density at radius 3 is 2.76 bits per heavy atom. The molecule has 2 heterocycles. The van der Waals surface area contributed by atoms with Crippen LogP contribution in [0.3, 0.4) is 0 Å². The van der Waals surface area contributed by atoms with Gasteiger partial charge in [0.2, 0.25) is 0 Å². The van der Waals surface area contributed by atoms with Gasteiger partial charge in [0.15, 0.2) is 0 Å². The lowest BCUT2D eigenvalue weighted by Gasteiger charge is -2.09. The Hall–Kier alpha value is -2.27. The quantitative estimate of drug-likeness (QED) is 0.694. The summed E-state index contributed by atoms with van der Waals surface area (Å²) in [4.78, 5) is 20.8. The molecule has 0 N–H and O–H groups in total. The van der Waals surface area contributed by atoms with E-state index in [1.54, 1.807) is 26.1 Å². The molecule has 0 saturated carbocycles. The molecule has 3 aromatic rings. The Labute approximate surface area is 124 Å². The van der Waals surface area contributed by atoms with Gasteiger partial charge in [0, 0.05) is 23.8 Å². The number of nitrogens with zero attached hydrogens (tertiary/aromatic N) is 3. The van der Waals surface area contributed by atoms with Crippen molar-refractivity contribution in [2.24, 2.45) is 7.05 Å². The van der Waals surface area contributed by atoms with Crippen molar-refractivity contribution >= 4 is 22.5 Å². The maximum atomic E-state index is 14.1. The molecule has 0 unspecified atom stereocenters. The molecule has 1 aromatic carbocycles. The lowest BCUT2D eigenvalue weighted by Crippen LogP contribution is -2.21. The molecule has 0 saturated heterocycles. The molecular formula is C15H11ClFN3O. The summed E-state index contributed by atoms with van der Waals surface area (Å²) in [6, 6.07) is 5.91. The summed E-state index contributed by atoms with van der Waals surface area (Å²) in [5, 5.41) is 0.707. The smallest absolute Gasteiger partial charge is 0.261 e. The van der Waals surface area contributed by atoms with Gasteiger partial charge in [-0.2, -0.15) is 0 Å². The van der Waals surface area contributed by atoms with Crippen LogP contribution in [0, 0.1) is 12.7 Å². The molecule has 0 atom stereocenters. The summed E-state index contributed by atoms with van der Waals surface area (Å²) in [5.41, 5.74) is 0.808. The van der Waals surface area contributed by atoms with E-state index in [0.29, 0.717) is 27.4 Å². The molecule has 0 bridgehead atoms. The third kappa shape index (κ3) is 2.19. The highest BCUT2D eigenvalue weighted by atomic mass is 35.5. The first kappa shape index (κ1) is 13.7. The summed E-state index contributed by atoms with van der Waals surface area (Å²) in [5.74, 6) is 0.0405. The number of aryl methyl sites for hydroxylation is 1. The van der Waals surface area contributed by atoms with Crippen LogP contribution in [0.15, 0.2) is 35.3 Å². The molecular weight excluding hydrogens is 293 g/mol. The first-order chi connectivity index (χ1) is 9.99. The lowest BCUT2D eigenvalue weighted by molar-refractivity contribution is 0.631. The van der Waals surface area contributed by atoms with Crippen LogP contribution in [0.4, 0.5) is 4.39 Å². The van der Waals surface area contributed by atoms with E-state index in [0.717, 1.165) is 0 Å². The monoisotopic (exact) mass is 303 g/mol. The van der Waals surface area contributed by atoms with E-state index in [1.807, 2.05) is 0 Å². The van der Waals surface area contributed by atoms with Gasteiger partial charge in [-0.05, 0) is 31.2 Å². The normalized spacial score (nSPS) is 11.0. The maximum absolute atomic E-state index is 14.1. The van der Waals surface area contributed by atoms with Gasteiger partial charge in [-0.1, -0.05) is 11.6 Å². The molecule has 21 heavy (non-hydrogen) atoms. The third-order valence-corrected chi connectivity index (χ3v) is 3.64. The Bertz CT molecular complexity index is 921. The van der Waals surface area contributed by atoms with E-state index in [2.05, 4.69) is 9.97 Å². The Kier molecular flexibility index (Phi) is 3.22. The van der Waals surface area contributed by atoms with Crippen LogP contribution < -0.4 is 5.56 Å². The number of hydrogen-bond donors (Lipinski definition) is 0. The van der Waals surface area contributed by atoms with Crippen LogP contribution in [0.5, 0.6) is 0 Å². The number of fused-ring (bicyclic) bond motifs is 1. The van der Waals surface area contributed by atoms with Gasteiger partial charge in [-0.25, -0.2) is 9.37 Å². The minimum atomic E-state index is -0.498. The van der Waals surface area contributed by atoms with Gasteiger partial charge < -0.3 is 0 Å². The van der Waals surface area contributed by atoms with E-state index in [9.17, 15) is 9.18 Å². The number of rotatable bonds is 1. The first-order valence-corrected chi connectivity index (χ1v) is 6.64. The van der Waals surface area contributed by atoms with E-state index in [4.69, 9.17) is 11.6 Å². The average molecular weight is 304 g/mol. The Balaban J connectivity index is 2.41. The van der Waals surface area contributed by atoms with E-state index in [-0.39, 0.29) is 11.1 Å². The third-order valence-electron chi connectivity index (χ3n) is 3.40. The summed E-state index contributed by atoms with van der Waals surface area (Å²) in [6.45, 7) is 1.72. The van der Waals surface area contributed by atoms with Crippen molar-refractivity contribution in [3.05, 3.63) is 57.5 Å². The number of pyridine rings is 1. The minimum absolute atomic E-state index is 0.185. The highest BCUT2D eigenvalue weighted by Gasteiger charge is 2.15. The Morgan fingerprint density at radius 1 is 1.29 bits per heavy atom. The van der Waals surface area contributed by atoms with Gasteiger partial charge in [-0.3, -0.25) is 14.3 Å². The largest absolute Gasteiger partial charge is 0.299 e. The molecule has 0 aliphatic rings. The van der Waals surface area contributed by atoms with Gasteiger partial charge in [0.05, 0.1) is 11.1 Å². The highest BCUT2D eigenvalue weighted by molar-refractivity contribution is 6.30. The summed E-state index contributed by atoms with van der Waals surface area (Å²) in [6.07, 6.45) is 1.48. The average Bonchev–Trinajstić information content (AvgIpc) is 2.45. The van der Waals surface area contributed by atoms with E-state index < -0.39 is 5.82 Å². The van der Waals surface area contributed by atoms with E-state index in [1.165, 1.54) is 22.9 Å². The van der Waals surface area contributed by atoms with Crippen LogP contribution in [0.25, 0.3) is 22.2 Å². The number of hydrogen-bond acceptors (Lipinski definition) is 3. The number of aromatic nitrogens is 3. The van der Waals surface area contributed by atoms with Crippen molar-refractivity contribution in [2.45, 2.75) is 6.92 Å². The molecule has 3 rings (SSSR count). The second-order valence-electron chi connectivity index (χ2n) is 4.70. The predicted octanol–water partition coefficient (Wildman–Crippen LogP) is 3.10. The summed E-state index contributed by atoms with van der Waals surface area (Å²) in [7, 11) is 1.65. The van der Waals surface area contributed by atoms with Crippen LogP contribution >= 0.6 is 11.6 Å². The first-order valence-electron chi connectivity index (χ1n) is 6.27. The van der Waals surface area contributed by atoms with E-state index >= 15 is 0 Å². The van der Waals surface area contributed by atoms with Crippen molar-refractivity contribution in [1.82, 2.24) is 14.5 Å². The fraction of sp³-hybridized carbons (Fsp3) is 0.133. The second-order valence-corrected chi connectivity index (χ2v) is 5.14. The van der Waals surface area contributed by atoms with Gasteiger partial charge in [0.1, 0.15) is 17.2 Å². The molecule has 0 amide bonds. The van der Waals surface area contributed by atoms with Crippen molar-refractivity contribution in [3.63, 3.8) is 0 Å². The van der Waals surface area contributed by atoms with Crippen molar-refractivity contribution < 1.29 is 4.39 Å². The zero-order chi connectivity index (χ0) is 15.1. The highest BCUT2D eigenvalue weighted by Crippen LogP contribution is 2.27. The lowest BCUT2D eigenvalue weighted by atomic mass is 10.1. The number of benzene rings is 1. The van der Waals surface area contributed by atoms with Crippen LogP contribution in [0.2, 0.25) is 5.02 Å². The molecule has 6 heteroatoms. The Morgan fingerprint density at radius 2 is 2.05 bits per heavy atom. The minimum Gasteiger partial charge on any atom is -0.299 e. The van der Waals surface area contributed by atoms with Crippen molar-refractivity contribution in [2.75, 3.05) is 0 Å². The fourth-order valence-electron chi connectivity index (χ4n) is 2.18. The zero-order valence-electron chi connectivity index (χ0n) is 11.4. The summed E-state index contributed by atoms with van der Waals surface area (Å²) >= 11 is 5.76. The molecule has 0 aliphatic heterocycles. The summed E-state index contributed by atoms with van der Waals surface area (Å²) < 4.78 is 15.6. The van der Waals surface area contributed by atoms with Crippen molar-refractivity contribution in [1.29, 1.82) is 0 Å². The van der Waals surface area contributed by atoms with Crippen molar-refractivity contribution in [3.8, 4) is 11.3 Å². The van der Waals surface area contributed by atoms with Crippen LogP contribution in [0.1, 0.15) is 5.82 Å². The van der Waals surface area contributed by atoms with Gasteiger partial charge in [-0.15, -0.1) is 0 Å². The molecule has 0 fully saturated rings. The zero-order valence-corrected chi connectivity index (χ0v) is 12.1. The number of halogens is 2. The molecule has 0 spiro atoms. The van der Waals surface area contributed by atoms with Crippen LogP contribution in [-0.4, -0.2) is 14.5 Å². The topological polar surface area (TPSA) is 47.8 Å². The predicted molar refractivity (Wildman–Crippen MR) is 79.9 cm³/mol. The molecule has 0 aliphatic carbocycles. The fourth-order valence-corrected chi connectivity index (χ4v) is 2.34. The SMILES string of the molecule is Cc1nc2c(-c3ccc(Cl)cc3F)nccc2c(=O)n1C. The molecule has 2 aromatic heterocycles. The van der Waals surface area contributed by atoms with Gasteiger partial charge >= 0.3 is 0 Å². The maximum Gasteiger partial charge on any atom is 0.261 e. The molecule has 0 radical (unpaired) electrons.